The van der Waals surface area contributed by atoms with E-state index in [1.165, 1.54) is 80.7 Å². The summed E-state index contributed by atoms with van der Waals surface area (Å²) in [4.78, 5) is 0. The van der Waals surface area contributed by atoms with Gasteiger partial charge in [0.25, 0.3) is 0 Å². The van der Waals surface area contributed by atoms with Crippen LogP contribution in [0.25, 0.3) is 80.7 Å². The smallest absolute Gasteiger partial charge is 0.0719 e. The van der Waals surface area contributed by atoms with Gasteiger partial charge in [0.15, 0.2) is 0 Å². The number of fused-ring (bicyclic) bond motifs is 8. The number of hydrogen-bond acceptors (Lipinski definition) is 2. The van der Waals surface area contributed by atoms with Crippen LogP contribution in [0.3, 0.4) is 0 Å². The van der Waals surface area contributed by atoms with Crippen molar-refractivity contribution in [1.29, 1.82) is 0 Å². The minimum Gasteiger partial charge on any atom is -0.355 e. The number of nitrogens with zero attached hydrogens (tertiary/aromatic N) is 1. The molecule has 2 heterocycles. The van der Waals surface area contributed by atoms with E-state index in [1.807, 2.05) is 11.3 Å². The Balaban J connectivity index is 1.18. The van der Waals surface area contributed by atoms with Gasteiger partial charge in [-0.05, 0) is 70.6 Å². The summed E-state index contributed by atoms with van der Waals surface area (Å²) in [6.45, 7) is 0. The molecule has 0 saturated heterocycles. The van der Waals surface area contributed by atoms with Crippen molar-refractivity contribution >= 4 is 75.5 Å². The first-order valence-corrected chi connectivity index (χ1v) is 17.5. The quantitative estimate of drug-likeness (QED) is 0.198. The third kappa shape index (κ3) is 4.55. The van der Waals surface area contributed by atoms with E-state index in [0.717, 1.165) is 11.4 Å². The van der Waals surface area contributed by atoms with Crippen LogP contribution >= 0.6 is 11.3 Å². The molecule has 0 aliphatic heterocycles. The molecule has 1 N–H and O–H groups in total. The second-order valence-electron chi connectivity index (χ2n) is 12.6. The molecule has 0 atom stereocenters. The predicted octanol–water partition coefficient (Wildman–Crippen LogP) is 13.4. The Morgan fingerprint density at radius 1 is 0.429 bits per heavy atom. The van der Waals surface area contributed by atoms with Crippen LogP contribution in [0.15, 0.2) is 176 Å². The monoisotopic (exact) mass is 642 g/mol. The van der Waals surface area contributed by atoms with Gasteiger partial charge >= 0.3 is 0 Å². The molecule has 2 aromatic heterocycles. The average molecular weight is 643 g/mol. The zero-order valence-corrected chi connectivity index (χ0v) is 27.4. The Bertz CT molecular complexity index is 2840. The Labute approximate surface area is 288 Å². The number of rotatable bonds is 5. The molecular formula is C46H30N2S. The Hall–Kier alpha value is -6.16. The molecule has 10 rings (SSSR count). The topological polar surface area (TPSA) is 17.0 Å². The highest BCUT2D eigenvalue weighted by Crippen LogP contribution is 2.44. The summed E-state index contributed by atoms with van der Waals surface area (Å²) in [6.07, 6.45) is 0. The highest BCUT2D eigenvalue weighted by atomic mass is 32.1. The SMILES string of the molecule is c1ccc(-c2cc(-c3ccc4c(c3)c3ccc5c6ccccc6sc5c3n4-c3ccccc3)ccc2Nc2cccc3ccccc23)cc1. The van der Waals surface area contributed by atoms with Crippen molar-refractivity contribution < 1.29 is 0 Å². The van der Waals surface area contributed by atoms with Gasteiger partial charge in [-0.25, -0.2) is 0 Å². The first-order valence-electron chi connectivity index (χ1n) is 16.7. The van der Waals surface area contributed by atoms with Gasteiger partial charge in [-0.15, -0.1) is 11.3 Å². The normalized spacial score (nSPS) is 11.7. The van der Waals surface area contributed by atoms with Crippen LogP contribution in [0, 0.1) is 0 Å². The van der Waals surface area contributed by atoms with Gasteiger partial charge in [0, 0.05) is 54.3 Å². The zero-order valence-electron chi connectivity index (χ0n) is 26.6. The summed E-state index contributed by atoms with van der Waals surface area (Å²) in [6, 6.07) is 63.7. The number of para-hydroxylation sites is 1. The van der Waals surface area contributed by atoms with E-state index < -0.39 is 0 Å². The summed E-state index contributed by atoms with van der Waals surface area (Å²) in [5.74, 6) is 0. The van der Waals surface area contributed by atoms with Gasteiger partial charge in [0.2, 0.25) is 0 Å². The van der Waals surface area contributed by atoms with E-state index in [0.29, 0.717) is 0 Å². The lowest BCUT2D eigenvalue weighted by Gasteiger charge is -2.16. The van der Waals surface area contributed by atoms with Gasteiger partial charge in [0.05, 0.1) is 15.7 Å². The maximum atomic E-state index is 3.79. The summed E-state index contributed by atoms with van der Waals surface area (Å²) in [5.41, 5.74) is 10.6. The van der Waals surface area contributed by atoms with Crippen LogP contribution in [-0.2, 0) is 0 Å². The molecule has 8 aromatic carbocycles. The van der Waals surface area contributed by atoms with E-state index in [1.54, 1.807) is 0 Å². The molecule has 0 saturated carbocycles. The minimum atomic E-state index is 1.08. The van der Waals surface area contributed by atoms with Crippen molar-refractivity contribution in [2.24, 2.45) is 0 Å². The largest absolute Gasteiger partial charge is 0.355 e. The highest BCUT2D eigenvalue weighted by molar-refractivity contribution is 7.26. The molecule has 3 heteroatoms. The molecule has 0 unspecified atom stereocenters. The minimum absolute atomic E-state index is 1.08. The second-order valence-corrected chi connectivity index (χ2v) is 13.7. The summed E-state index contributed by atoms with van der Waals surface area (Å²) >= 11 is 1.89. The van der Waals surface area contributed by atoms with Crippen molar-refractivity contribution in [1.82, 2.24) is 4.57 Å². The van der Waals surface area contributed by atoms with Gasteiger partial charge < -0.3 is 9.88 Å². The van der Waals surface area contributed by atoms with E-state index in [4.69, 9.17) is 0 Å². The lowest BCUT2D eigenvalue weighted by Crippen LogP contribution is -1.95. The van der Waals surface area contributed by atoms with Crippen molar-refractivity contribution in [2.45, 2.75) is 0 Å². The van der Waals surface area contributed by atoms with E-state index in [9.17, 15) is 0 Å². The molecular weight excluding hydrogens is 613 g/mol. The molecule has 0 amide bonds. The van der Waals surface area contributed by atoms with Crippen LogP contribution < -0.4 is 5.32 Å². The molecule has 0 radical (unpaired) electrons. The van der Waals surface area contributed by atoms with Crippen LogP contribution in [-0.4, -0.2) is 4.57 Å². The molecule has 10 aromatic rings. The Morgan fingerprint density at radius 2 is 1.12 bits per heavy atom. The number of anilines is 2. The fourth-order valence-corrected chi connectivity index (χ4v) is 8.72. The number of benzene rings is 8. The van der Waals surface area contributed by atoms with Crippen molar-refractivity contribution in [3.05, 3.63) is 176 Å². The number of nitrogens with one attached hydrogen (secondary N) is 1. The molecule has 0 spiro atoms. The zero-order chi connectivity index (χ0) is 32.3. The fraction of sp³-hybridized carbons (Fsp3) is 0. The standard InChI is InChI=1S/C46H30N2S/c1-3-12-31(13-4-1)39-28-32(22-26-42(39)47-41-20-11-15-30-14-7-8-18-35(30)41)33-23-27-43-40(29-33)37-24-25-38-36-19-9-10-21-44(36)49-46(38)45(37)48(43)34-16-5-2-6-17-34/h1-29,47H. The summed E-state index contributed by atoms with van der Waals surface area (Å²) in [5, 5.41) is 11.4. The lowest BCUT2D eigenvalue weighted by molar-refractivity contribution is 1.19. The lowest BCUT2D eigenvalue weighted by atomic mass is 9.96. The molecule has 49 heavy (non-hydrogen) atoms. The summed E-state index contributed by atoms with van der Waals surface area (Å²) < 4.78 is 5.11. The predicted molar refractivity (Wildman–Crippen MR) is 212 cm³/mol. The third-order valence-electron chi connectivity index (χ3n) is 9.78. The van der Waals surface area contributed by atoms with Gasteiger partial charge in [-0.1, -0.05) is 127 Å². The maximum Gasteiger partial charge on any atom is 0.0719 e. The third-order valence-corrected chi connectivity index (χ3v) is 11.0. The molecule has 0 aliphatic carbocycles. The van der Waals surface area contributed by atoms with E-state index in [-0.39, 0.29) is 0 Å². The Morgan fingerprint density at radius 3 is 2.00 bits per heavy atom. The van der Waals surface area contributed by atoms with Crippen molar-refractivity contribution in [3.8, 4) is 27.9 Å². The summed E-state index contributed by atoms with van der Waals surface area (Å²) in [7, 11) is 0. The van der Waals surface area contributed by atoms with Crippen molar-refractivity contribution in [2.75, 3.05) is 5.32 Å². The number of hydrogen-bond donors (Lipinski definition) is 1. The number of aromatic nitrogens is 1. The molecule has 0 bridgehead atoms. The number of thiophene rings is 1. The highest BCUT2D eigenvalue weighted by Gasteiger charge is 2.19. The van der Waals surface area contributed by atoms with Crippen LogP contribution in [0.5, 0.6) is 0 Å². The first-order chi connectivity index (χ1) is 24.3. The second kappa shape index (κ2) is 11.2. The van der Waals surface area contributed by atoms with Crippen LogP contribution in [0.1, 0.15) is 0 Å². The van der Waals surface area contributed by atoms with E-state index >= 15 is 0 Å². The average Bonchev–Trinajstić information content (AvgIpc) is 3.71. The van der Waals surface area contributed by atoms with Gasteiger partial charge in [0.1, 0.15) is 0 Å². The first kappa shape index (κ1) is 27.9. The van der Waals surface area contributed by atoms with Gasteiger partial charge in [-0.2, -0.15) is 0 Å². The van der Waals surface area contributed by atoms with Gasteiger partial charge in [-0.3, -0.25) is 0 Å². The molecule has 2 nitrogen and oxygen atoms in total. The molecule has 0 aliphatic rings. The van der Waals surface area contributed by atoms with Crippen LogP contribution in [0.4, 0.5) is 11.4 Å². The van der Waals surface area contributed by atoms with Crippen molar-refractivity contribution in [3.63, 3.8) is 0 Å². The maximum absolute atomic E-state index is 3.79. The molecule has 0 fully saturated rings. The van der Waals surface area contributed by atoms with Crippen LogP contribution in [0.2, 0.25) is 0 Å². The van der Waals surface area contributed by atoms with E-state index in [2.05, 4.69) is 186 Å². The molecule has 230 valence electrons. The Kier molecular flexibility index (Phi) is 6.39. The fourth-order valence-electron chi connectivity index (χ4n) is 7.47.